The van der Waals surface area contributed by atoms with Gasteiger partial charge < -0.3 is 9.64 Å². The first-order valence-electron chi connectivity index (χ1n) is 10.6. The minimum atomic E-state index is -0.236. The quantitative estimate of drug-likeness (QED) is 0.387. The van der Waals surface area contributed by atoms with Crippen LogP contribution in [-0.4, -0.2) is 25.2 Å². The van der Waals surface area contributed by atoms with E-state index in [1.165, 1.54) is 5.56 Å². The molecule has 0 heterocycles. The number of nitrogens with one attached hydrogen (secondary N) is 1. The van der Waals surface area contributed by atoms with E-state index in [2.05, 4.69) is 60.5 Å². The number of hydrazone groups is 1. The highest BCUT2D eigenvalue weighted by Crippen LogP contribution is 2.15. The fourth-order valence-electron chi connectivity index (χ4n) is 3.14. The van der Waals surface area contributed by atoms with Crippen molar-refractivity contribution in [1.82, 2.24) is 5.43 Å². The average Bonchev–Trinajstić information content (AvgIpc) is 2.81. The lowest BCUT2D eigenvalue weighted by Crippen LogP contribution is -2.22. The highest BCUT2D eigenvalue weighted by atomic mass is 16.5. The van der Waals surface area contributed by atoms with Crippen LogP contribution in [0.1, 0.15) is 40.9 Å². The van der Waals surface area contributed by atoms with E-state index in [0.29, 0.717) is 12.2 Å². The summed E-state index contributed by atoms with van der Waals surface area (Å²) >= 11 is 0. The van der Waals surface area contributed by atoms with Crippen LogP contribution in [0.4, 0.5) is 5.69 Å². The lowest BCUT2D eigenvalue weighted by molar-refractivity contribution is 0.0955. The Morgan fingerprint density at radius 1 is 0.935 bits per heavy atom. The Labute approximate surface area is 184 Å². The third kappa shape index (κ3) is 6.44. The number of nitrogens with zero attached hydrogens (tertiary/aromatic N) is 2. The SMILES string of the molecule is CCN(CC)c1ccc(C(=O)N/N=C\c2ccc(OCc3ccc(C)cc3)cc2)cc1. The van der Waals surface area contributed by atoms with Crippen molar-refractivity contribution in [3.63, 3.8) is 0 Å². The van der Waals surface area contributed by atoms with E-state index >= 15 is 0 Å². The van der Waals surface area contributed by atoms with Crippen molar-refractivity contribution in [2.45, 2.75) is 27.4 Å². The van der Waals surface area contributed by atoms with Crippen LogP contribution < -0.4 is 15.1 Å². The molecule has 5 heteroatoms. The normalized spacial score (nSPS) is 10.8. The molecule has 0 radical (unpaired) electrons. The average molecular weight is 416 g/mol. The van der Waals surface area contributed by atoms with Gasteiger partial charge >= 0.3 is 0 Å². The maximum Gasteiger partial charge on any atom is 0.271 e. The Balaban J connectivity index is 1.50. The molecular weight excluding hydrogens is 386 g/mol. The third-order valence-corrected chi connectivity index (χ3v) is 5.04. The molecule has 0 aliphatic rings. The fraction of sp³-hybridized carbons (Fsp3) is 0.231. The van der Waals surface area contributed by atoms with E-state index < -0.39 is 0 Å². The van der Waals surface area contributed by atoms with Gasteiger partial charge in [0, 0.05) is 24.3 Å². The van der Waals surface area contributed by atoms with E-state index in [1.807, 2.05) is 48.5 Å². The van der Waals surface area contributed by atoms with Crippen molar-refractivity contribution in [2.75, 3.05) is 18.0 Å². The minimum Gasteiger partial charge on any atom is -0.489 e. The zero-order chi connectivity index (χ0) is 22.1. The van der Waals surface area contributed by atoms with Crippen molar-refractivity contribution < 1.29 is 9.53 Å². The molecule has 0 aliphatic carbocycles. The molecule has 0 spiro atoms. The number of benzene rings is 3. The molecule has 0 bridgehead atoms. The van der Waals surface area contributed by atoms with Crippen molar-refractivity contribution in [2.24, 2.45) is 5.10 Å². The molecule has 0 aliphatic heterocycles. The molecule has 31 heavy (non-hydrogen) atoms. The largest absolute Gasteiger partial charge is 0.489 e. The van der Waals surface area contributed by atoms with Crippen LogP contribution in [0.25, 0.3) is 0 Å². The van der Waals surface area contributed by atoms with Crippen LogP contribution in [0, 0.1) is 6.92 Å². The number of hydrogen-bond donors (Lipinski definition) is 1. The summed E-state index contributed by atoms with van der Waals surface area (Å²) in [5.41, 5.74) is 7.49. The van der Waals surface area contributed by atoms with Gasteiger partial charge in [0.15, 0.2) is 0 Å². The van der Waals surface area contributed by atoms with Gasteiger partial charge in [-0.2, -0.15) is 5.10 Å². The second-order valence-electron chi connectivity index (χ2n) is 7.26. The number of hydrogen-bond acceptors (Lipinski definition) is 4. The van der Waals surface area contributed by atoms with E-state index in [1.54, 1.807) is 6.21 Å². The summed E-state index contributed by atoms with van der Waals surface area (Å²) in [6, 6.07) is 23.4. The molecule has 160 valence electrons. The molecule has 5 nitrogen and oxygen atoms in total. The summed E-state index contributed by atoms with van der Waals surface area (Å²) < 4.78 is 5.81. The van der Waals surface area contributed by atoms with Crippen molar-refractivity contribution >= 4 is 17.8 Å². The number of amides is 1. The van der Waals surface area contributed by atoms with E-state index in [-0.39, 0.29) is 5.91 Å². The topological polar surface area (TPSA) is 53.9 Å². The number of carbonyl (C=O) groups excluding carboxylic acids is 1. The first-order chi connectivity index (χ1) is 15.1. The molecule has 3 aromatic carbocycles. The van der Waals surface area contributed by atoms with Gasteiger partial charge in [0.05, 0.1) is 6.21 Å². The summed E-state index contributed by atoms with van der Waals surface area (Å²) in [4.78, 5) is 14.5. The maximum atomic E-state index is 12.3. The third-order valence-electron chi connectivity index (χ3n) is 5.04. The number of ether oxygens (including phenoxy) is 1. The summed E-state index contributed by atoms with van der Waals surface area (Å²) in [5, 5.41) is 4.06. The second-order valence-corrected chi connectivity index (χ2v) is 7.26. The van der Waals surface area contributed by atoms with Crippen molar-refractivity contribution in [1.29, 1.82) is 0 Å². The molecular formula is C26H29N3O2. The van der Waals surface area contributed by atoms with Crippen LogP contribution >= 0.6 is 0 Å². The van der Waals surface area contributed by atoms with Gasteiger partial charge in [-0.1, -0.05) is 29.8 Å². The Hall–Kier alpha value is -3.60. The highest BCUT2D eigenvalue weighted by Gasteiger charge is 2.06. The fourth-order valence-corrected chi connectivity index (χ4v) is 3.14. The summed E-state index contributed by atoms with van der Waals surface area (Å²) in [6.07, 6.45) is 1.62. The molecule has 1 amide bonds. The van der Waals surface area contributed by atoms with Crippen molar-refractivity contribution in [3.05, 3.63) is 95.1 Å². The molecule has 0 fully saturated rings. The second kappa shape index (κ2) is 11.0. The van der Waals surface area contributed by atoms with Gasteiger partial charge in [0.25, 0.3) is 5.91 Å². The lowest BCUT2D eigenvalue weighted by atomic mass is 10.2. The molecule has 0 saturated heterocycles. The first kappa shape index (κ1) is 22.1. The van der Waals surface area contributed by atoms with Gasteiger partial charge in [0.2, 0.25) is 0 Å². The summed E-state index contributed by atoms with van der Waals surface area (Å²) in [5.74, 6) is 0.551. The van der Waals surface area contributed by atoms with Crippen LogP contribution in [0.3, 0.4) is 0 Å². The predicted molar refractivity (Wildman–Crippen MR) is 127 cm³/mol. The van der Waals surface area contributed by atoms with E-state index in [0.717, 1.165) is 35.7 Å². The maximum absolute atomic E-state index is 12.3. The zero-order valence-corrected chi connectivity index (χ0v) is 18.3. The number of rotatable bonds is 9. The number of carbonyl (C=O) groups is 1. The van der Waals surface area contributed by atoms with E-state index in [4.69, 9.17) is 4.74 Å². The smallest absolute Gasteiger partial charge is 0.271 e. The van der Waals surface area contributed by atoms with Crippen LogP contribution in [0.2, 0.25) is 0 Å². The van der Waals surface area contributed by atoms with Gasteiger partial charge in [-0.15, -0.1) is 0 Å². The van der Waals surface area contributed by atoms with E-state index in [9.17, 15) is 4.79 Å². The molecule has 3 aromatic rings. The molecule has 0 unspecified atom stereocenters. The molecule has 0 saturated carbocycles. The first-order valence-corrected chi connectivity index (χ1v) is 10.6. The minimum absolute atomic E-state index is 0.236. The lowest BCUT2D eigenvalue weighted by Gasteiger charge is -2.20. The summed E-state index contributed by atoms with van der Waals surface area (Å²) in [6.45, 7) is 8.68. The van der Waals surface area contributed by atoms with Crippen molar-refractivity contribution in [3.8, 4) is 5.75 Å². The zero-order valence-electron chi connectivity index (χ0n) is 18.3. The Kier molecular flexibility index (Phi) is 7.82. The van der Waals surface area contributed by atoms with Crippen LogP contribution in [0.15, 0.2) is 77.9 Å². The monoisotopic (exact) mass is 415 g/mol. The Morgan fingerprint density at radius 2 is 1.58 bits per heavy atom. The molecule has 0 aromatic heterocycles. The Bertz CT molecular complexity index is 990. The van der Waals surface area contributed by atoms with Gasteiger partial charge in [0.1, 0.15) is 12.4 Å². The molecule has 3 rings (SSSR count). The van der Waals surface area contributed by atoms with Gasteiger partial charge in [-0.25, -0.2) is 5.43 Å². The summed E-state index contributed by atoms with van der Waals surface area (Å²) in [7, 11) is 0. The number of anilines is 1. The standard InChI is InChI=1S/C26H29N3O2/c1-4-29(5-2)24-14-12-23(13-15-24)26(30)28-27-18-21-10-16-25(17-11-21)31-19-22-8-6-20(3)7-9-22/h6-18H,4-5,19H2,1-3H3,(H,28,30)/b27-18-. The Morgan fingerprint density at radius 3 is 2.19 bits per heavy atom. The predicted octanol–water partition coefficient (Wildman–Crippen LogP) is 5.18. The van der Waals surface area contributed by atoms with Crippen LogP contribution in [0.5, 0.6) is 5.75 Å². The van der Waals surface area contributed by atoms with Gasteiger partial charge in [-0.05, 0) is 80.4 Å². The molecule has 1 N–H and O–H groups in total. The number of aryl methyl sites for hydroxylation is 1. The van der Waals surface area contributed by atoms with Crippen LogP contribution in [-0.2, 0) is 6.61 Å². The molecule has 0 atom stereocenters. The highest BCUT2D eigenvalue weighted by molar-refractivity contribution is 5.95. The van der Waals surface area contributed by atoms with Gasteiger partial charge in [-0.3, -0.25) is 4.79 Å².